The zero-order valence-electron chi connectivity index (χ0n) is 21.7. The molecule has 0 radical (unpaired) electrons. The van der Waals surface area contributed by atoms with E-state index >= 15 is 0 Å². The van der Waals surface area contributed by atoms with E-state index in [1.807, 2.05) is 6.92 Å². The number of aliphatic hydroxyl groups excluding tert-OH is 4. The van der Waals surface area contributed by atoms with Crippen LogP contribution in [0.1, 0.15) is 58.8 Å². The number of fused-ring (bicyclic) bond motifs is 5. The van der Waals surface area contributed by atoms with Gasteiger partial charge < -0.3 is 40.1 Å². The van der Waals surface area contributed by atoms with Gasteiger partial charge in [-0.05, 0) is 67.8 Å². The van der Waals surface area contributed by atoms with Crippen molar-refractivity contribution in [3.05, 3.63) is 11.6 Å². The van der Waals surface area contributed by atoms with Gasteiger partial charge in [-0.15, -0.1) is 0 Å². The maximum absolute atomic E-state index is 13.5. The van der Waals surface area contributed by atoms with E-state index in [1.54, 1.807) is 6.08 Å². The molecule has 0 aromatic heterocycles. The van der Waals surface area contributed by atoms with Gasteiger partial charge in [0.15, 0.2) is 24.0 Å². The van der Waals surface area contributed by atoms with E-state index in [9.17, 15) is 45.0 Å². The Morgan fingerprint density at radius 3 is 2.45 bits per heavy atom. The molecule has 0 aromatic rings. The number of carbonyl (C=O) groups is 3. The van der Waals surface area contributed by atoms with Gasteiger partial charge in [-0.1, -0.05) is 19.4 Å². The number of hydrogen-bond acceptors (Lipinski definition) is 10. The summed E-state index contributed by atoms with van der Waals surface area (Å²) in [6.45, 7) is 3.23. The van der Waals surface area contributed by atoms with Crippen molar-refractivity contribution in [3.8, 4) is 0 Å². The van der Waals surface area contributed by atoms with E-state index in [1.165, 1.54) is 0 Å². The van der Waals surface area contributed by atoms with Crippen LogP contribution in [0.15, 0.2) is 11.6 Å². The number of aliphatic carboxylic acids is 1. The molecule has 1 saturated heterocycles. The summed E-state index contributed by atoms with van der Waals surface area (Å²) in [5.74, 6) is -2.17. The molecule has 12 atom stereocenters. The second-order valence-electron chi connectivity index (χ2n) is 12.4. The van der Waals surface area contributed by atoms with E-state index < -0.39 is 66.2 Å². The second-order valence-corrected chi connectivity index (χ2v) is 12.4. The fourth-order valence-electron chi connectivity index (χ4n) is 8.62. The van der Waals surface area contributed by atoms with Gasteiger partial charge >= 0.3 is 5.97 Å². The topological polar surface area (TPSA) is 191 Å². The van der Waals surface area contributed by atoms with E-state index in [4.69, 9.17) is 9.47 Å². The molecule has 0 bridgehead atoms. The molecule has 6 N–H and O–H groups in total. The van der Waals surface area contributed by atoms with Gasteiger partial charge in [-0.3, -0.25) is 9.59 Å². The summed E-state index contributed by atoms with van der Waals surface area (Å²) in [7, 11) is 0. The molecule has 4 aliphatic carbocycles. The van der Waals surface area contributed by atoms with E-state index in [-0.39, 0.29) is 41.8 Å². The Hall–Kier alpha value is -1.73. The zero-order chi connectivity index (χ0) is 27.8. The Labute approximate surface area is 220 Å². The van der Waals surface area contributed by atoms with Crippen molar-refractivity contribution in [2.24, 2.45) is 28.6 Å². The fraction of sp³-hybridized carbons (Fsp3) is 0.815. The highest BCUT2D eigenvalue weighted by molar-refractivity contribution is 5.92. The lowest BCUT2D eigenvalue weighted by atomic mass is 9.45. The first-order valence-electron chi connectivity index (χ1n) is 13.5. The summed E-state index contributed by atoms with van der Waals surface area (Å²) in [5.41, 5.74) is -1.98. The van der Waals surface area contributed by atoms with Crippen molar-refractivity contribution in [3.63, 3.8) is 0 Å². The molecule has 0 amide bonds. The molecule has 0 spiro atoms. The van der Waals surface area contributed by atoms with Crippen molar-refractivity contribution < 1.29 is 54.5 Å². The molecule has 4 fully saturated rings. The van der Waals surface area contributed by atoms with Crippen LogP contribution in [0.25, 0.3) is 0 Å². The van der Waals surface area contributed by atoms with Crippen LogP contribution in [0.3, 0.4) is 0 Å². The van der Waals surface area contributed by atoms with E-state index in [0.717, 1.165) is 18.4 Å². The summed E-state index contributed by atoms with van der Waals surface area (Å²) in [6, 6.07) is 0. The predicted octanol–water partition coefficient (Wildman–Crippen LogP) is -0.302. The molecule has 1 aliphatic heterocycles. The third kappa shape index (κ3) is 3.93. The minimum atomic E-state index is -1.89. The highest BCUT2D eigenvalue weighted by Gasteiger charge is 2.68. The highest BCUT2D eigenvalue weighted by Crippen LogP contribution is 2.67. The lowest BCUT2D eigenvalue weighted by molar-refractivity contribution is -0.293. The van der Waals surface area contributed by atoms with Crippen LogP contribution < -0.4 is 0 Å². The molecule has 5 rings (SSSR count). The Morgan fingerprint density at radius 1 is 1.05 bits per heavy atom. The van der Waals surface area contributed by atoms with Gasteiger partial charge in [0.05, 0.1) is 6.10 Å². The molecule has 11 nitrogen and oxygen atoms in total. The molecule has 0 unspecified atom stereocenters. The number of carboxylic acids is 1. The van der Waals surface area contributed by atoms with Crippen molar-refractivity contribution in [2.45, 2.75) is 101 Å². The molecule has 3 saturated carbocycles. The van der Waals surface area contributed by atoms with Crippen LogP contribution in [0, 0.1) is 28.6 Å². The number of allylic oxidation sites excluding steroid dienone is 1. The Kier molecular flexibility index (Phi) is 6.91. The van der Waals surface area contributed by atoms with Crippen LogP contribution in [0.2, 0.25) is 0 Å². The molecule has 0 aromatic carbocycles. The number of hydrogen-bond donors (Lipinski definition) is 6. The van der Waals surface area contributed by atoms with Gasteiger partial charge in [-0.25, -0.2) is 4.79 Å². The van der Waals surface area contributed by atoms with Crippen molar-refractivity contribution >= 4 is 17.5 Å². The van der Waals surface area contributed by atoms with Gasteiger partial charge in [0, 0.05) is 11.8 Å². The summed E-state index contributed by atoms with van der Waals surface area (Å²) in [6.07, 6.45) is -4.58. The average Bonchev–Trinajstić information content (AvgIpc) is 3.13. The van der Waals surface area contributed by atoms with Crippen molar-refractivity contribution in [1.29, 1.82) is 0 Å². The van der Waals surface area contributed by atoms with Crippen LogP contribution in [0.5, 0.6) is 0 Å². The van der Waals surface area contributed by atoms with Crippen molar-refractivity contribution in [1.82, 2.24) is 0 Å². The first kappa shape index (κ1) is 27.8. The number of Topliss-reactive ketones (excluding diaryl/α,β-unsaturated/α-hetero) is 1. The van der Waals surface area contributed by atoms with Crippen LogP contribution >= 0.6 is 0 Å². The smallest absolute Gasteiger partial charge is 0.335 e. The number of ether oxygens (including phenoxy) is 2. The average molecular weight is 539 g/mol. The zero-order valence-corrected chi connectivity index (χ0v) is 21.7. The number of carbonyl (C=O) groups excluding carboxylic acids is 2. The van der Waals surface area contributed by atoms with Crippen LogP contribution in [-0.2, 0) is 23.9 Å². The summed E-state index contributed by atoms with van der Waals surface area (Å²) in [4.78, 5) is 36.9. The van der Waals surface area contributed by atoms with Crippen LogP contribution in [0.4, 0.5) is 0 Å². The normalized spacial score (nSPS) is 50.4. The minimum Gasteiger partial charge on any atom is -0.479 e. The number of ketones is 2. The molecular formula is C27H38O11. The monoisotopic (exact) mass is 538 g/mol. The fourth-order valence-corrected chi connectivity index (χ4v) is 8.62. The summed E-state index contributed by atoms with van der Waals surface area (Å²) < 4.78 is 10.5. The summed E-state index contributed by atoms with van der Waals surface area (Å²) in [5, 5.41) is 62.6. The SMILES string of the molecule is C[C@]12CCC(=O)C=C1CC[C@@H]1[C@@H]2[C@@H](O)C[C@@]2(C)[C@H]1CC[C@]2(O)C(=O)CO[C@@H]1O[C@H](C(=O)O)[C@@H](O)[C@H](O)[C@H]1O. The van der Waals surface area contributed by atoms with Gasteiger partial charge in [0.2, 0.25) is 0 Å². The maximum atomic E-state index is 13.5. The second kappa shape index (κ2) is 9.43. The molecule has 212 valence electrons. The summed E-state index contributed by atoms with van der Waals surface area (Å²) >= 11 is 0. The van der Waals surface area contributed by atoms with E-state index in [2.05, 4.69) is 6.92 Å². The van der Waals surface area contributed by atoms with Gasteiger partial charge in [0.25, 0.3) is 0 Å². The molecule has 1 heterocycles. The Bertz CT molecular complexity index is 1040. The van der Waals surface area contributed by atoms with Crippen molar-refractivity contribution in [2.75, 3.05) is 6.61 Å². The number of carboxylic acid groups (broad SMARTS) is 1. The molecular weight excluding hydrogens is 500 g/mol. The minimum absolute atomic E-state index is 0.0364. The third-order valence-corrected chi connectivity index (χ3v) is 10.7. The Morgan fingerprint density at radius 2 is 1.76 bits per heavy atom. The number of rotatable bonds is 5. The first-order chi connectivity index (χ1) is 17.7. The largest absolute Gasteiger partial charge is 0.479 e. The molecule has 38 heavy (non-hydrogen) atoms. The molecule has 11 heteroatoms. The lowest BCUT2D eigenvalue weighted by Gasteiger charge is -2.60. The molecule has 5 aliphatic rings. The number of aliphatic hydroxyl groups is 5. The highest BCUT2D eigenvalue weighted by atomic mass is 16.7. The van der Waals surface area contributed by atoms with Crippen LogP contribution in [-0.4, -0.2) is 97.2 Å². The van der Waals surface area contributed by atoms with Gasteiger partial charge in [-0.2, -0.15) is 0 Å². The third-order valence-electron chi connectivity index (χ3n) is 10.7. The lowest BCUT2D eigenvalue weighted by Crippen LogP contribution is -2.63. The maximum Gasteiger partial charge on any atom is 0.335 e. The quantitative estimate of drug-likeness (QED) is 0.269. The van der Waals surface area contributed by atoms with Gasteiger partial charge in [0.1, 0.15) is 30.5 Å². The van der Waals surface area contributed by atoms with E-state index in [0.29, 0.717) is 19.3 Å². The standard InChI is InChI=1S/C27H38O11/c1-25-7-5-13(28)9-12(25)3-4-14-15-6-8-27(36,26(15,2)10-16(29)18(14)25)17(30)11-37-24-21(33)19(31)20(32)22(38-24)23(34)35/h9,14-16,18-22,24,29,31-33,36H,3-8,10-11H2,1-2H3,(H,34,35)/t14-,15-,16-,18+,19-,20-,21+,22-,24+,25-,26-,27-/m0/s1. The first-order valence-corrected chi connectivity index (χ1v) is 13.5. The predicted molar refractivity (Wildman–Crippen MR) is 128 cm³/mol. The Balaban J connectivity index is 1.33.